The Kier molecular flexibility index (Phi) is 7.06. The van der Waals surface area contributed by atoms with E-state index in [-0.39, 0.29) is 30.1 Å². The Morgan fingerprint density at radius 1 is 1.06 bits per heavy atom. The lowest BCUT2D eigenvalue weighted by atomic mass is 10.1. The molecule has 1 aliphatic heterocycles. The summed E-state index contributed by atoms with van der Waals surface area (Å²) < 4.78 is 1.60. The van der Waals surface area contributed by atoms with Crippen LogP contribution in [0.1, 0.15) is 51.5 Å². The summed E-state index contributed by atoms with van der Waals surface area (Å²) in [6.07, 6.45) is 0.747. The van der Waals surface area contributed by atoms with Crippen molar-refractivity contribution in [2.45, 2.75) is 32.5 Å². The molecule has 34 heavy (non-hydrogen) atoms. The van der Waals surface area contributed by atoms with E-state index in [0.717, 1.165) is 17.5 Å². The first-order valence-corrected chi connectivity index (χ1v) is 11.4. The number of hydrogen-bond acceptors (Lipinski definition) is 4. The zero-order valence-electron chi connectivity index (χ0n) is 19.5. The first-order valence-electron chi connectivity index (χ1n) is 11.4. The van der Waals surface area contributed by atoms with Crippen LogP contribution < -0.4 is 5.32 Å². The van der Waals surface area contributed by atoms with E-state index in [0.29, 0.717) is 25.3 Å². The molecule has 3 aromatic rings. The van der Waals surface area contributed by atoms with Gasteiger partial charge in [0.25, 0.3) is 11.8 Å². The van der Waals surface area contributed by atoms with Crippen LogP contribution in [-0.2, 0) is 17.9 Å². The Balaban J connectivity index is 1.40. The van der Waals surface area contributed by atoms with Gasteiger partial charge < -0.3 is 15.1 Å². The van der Waals surface area contributed by atoms with Crippen LogP contribution >= 0.6 is 0 Å². The fraction of sp³-hybridized carbons (Fsp3) is 0.308. The fourth-order valence-electron chi connectivity index (χ4n) is 4.09. The van der Waals surface area contributed by atoms with Gasteiger partial charge in [0.2, 0.25) is 5.91 Å². The van der Waals surface area contributed by atoms with Crippen molar-refractivity contribution in [1.29, 1.82) is 0 Å². The van der Waals surface area contributed by atoms with Gasteiger partial charge in [-0.25, -0.2) is 0 Å². The molecule has 0 bridgehead atoms. The summed E-state index contributed by atoms with van der Waals surface area (Å²) in [5.41, 5.74) is 2.60. The van der Waals surface area contributed by atoms with Crippen molar-refractivity contribution in [3.05, 3.63) is 89.2 Å². The van der Waals surface area contributed by atoms with Gasteiger partial charge in [-0.2, -0.15) is 5.10 Å². The second kappa shape index (κ2) is 10.3. The number of aromatic nitrogens is 2. The summed E-state index contributed by atoms with van der Waals surface area (Å²) in [6, 6.07) is 20.8. The van der Waals surface area contributed by atoms with E-state index in [1.165, 1.54) is 11.0 Å². The van der Waals surface area contributed by atoms with Crippen molar-refractivity contribution in [2.24, 2.45) is 0 Å². The lowest BCUT2D eigenvalue weighted by Crippen LogP contribution is -2.39. The van der Waals surface area contributed by atoms with E-state index in [9.17, 15) is 14.4 Å². The van der Waals surface area contributed by atoms with Crippen LogP contribution in [0.15, 0.2) is 66.7 Å². The van der Waals surface area contributed by atoms with Gasteiger partial charge in [-0.05, 0) is 24.5 Å². The van der Waals surface area contributed by atoms with Crippen molar-refractivity contribution >= 4 is 17.7 Å². The van der Waals surface area contributed by atoms with Gasteiger partial charge in [0.05, 0.1) is 12.6 Å². The minimum atomic E-state index is -0.398. The molecular weight excluding hydrogens is 430 g/mol. The Labute approximate surface area is 199 Å². The average Bonchev–Trinajstić information content (AvgIpc) is 3.21. The first kappa shape index (κ1) is 23.2. The number of rotatable bonds is 7. The highest BCUT2D eigenvalue weighted by Gasteiger charge is 2.27. The van der Waals surface area contributed by atoms with Crippen LogP contribution in [0.3, 0.4) is 0 Å². The number of carbonyl (C=O) groups is 3. The second-order valence-electron chi connectivity index (χ2n) is 8.56. The monoisotopic (exact) mass is 459 g/mol. The zero-order valence-corrected chi connectivity index (χ0v) is 19.5. The molecule has 1 N–H and O–H groups in total. The third-order valence-electron chi connectivity index (χ3n) is 5.92. The third-order valence-corrected chi connectivity index (χ3v) is 5.92. The molecule has 1 atom stereocenters. The maximum Gasteiger partial charge on any atom is 0.274 e. The molecule has 2 heterocycles. The molecule has 8 heteroatoms. The highest BCUT2D eigenvalue weighted by molar-refractivity contribution is 5.99. The highest BCUT2D eigenvalue weighted by atomic mass is 16.2. The summed E-state index contributed by atoms with van der Waals surface area (Å²) in [4.78, 5) is 41.7. The Morgan fingerprint density at radius 2 is 1.74 bits per heavy atom. The molecule has 2 aromatic carbocycles. The van der Waals surface area contributed by atoms with Gasteiger partial charge in [-0.3, -0.25) is 19.1 Å². The minimum absolute atomic E-state index is 0.105. The van der Waals surface area contributed by atoms with E-state index in [4.69, 9.17) is 0 Å². The molecule has 3 amide bonds. The van der Waals surface area contributed by atoms with Crippen LogP contribution in [-0.4, -0.2) is 57.4 Å². The largest absolute Gasteiger partial charge is 0.348 e. The first-order chi connectivity index (χ1) is 16.4. The lowest BCUT2D eigenvalue weighted by Gasteiger charge is -2.20. The van der Waals surface area contributed by atoms with Crippen LogP contribution in [0.4, 0.5) is 0 Å². The minimum Gasteiger partial charge on any atom is -0.348 e. The van der Waals surface area contributed by atoms with Gasteiger partial charge >= 0.3 is 0 Å². The summed E-state index contributed by atoms with van der Waals surface area (Å²) in [5.74, 6) is -0.812. The zero-order chi connectivity index (χ0) is 24.1. The predicted octanol–water partition coefficient (Wildman–Crippen LogP) is 2.88. The van der Waals surface area contributed by atoms with Crippen LogP contribution in [0.2, 0.25) is 0 Å². The van der Waals surface area contributed by atoms with E-state index >= 15 is 0 Å². The molecule has 176 valence electrons. The van der Waals surface area contributed by atoms with Gasteiger partial charge in [-0.1, -0.05) is 60.7 Å². The molecule has 0 saturated carbocycles. The van der Waals surface area contributed by atoms with Crippen molar-refractivity contribution in [1.82, 2.24) is 24.9 Å². The van der Waals surface area contributed by atoms with Crippen LogP contribution in [0.5, 0.6) is 0 Å². The molecule has 0 spiro atoms. The number of amides is 3. The molecule has 4 rings (SSSR count). The number of hydrogen-bond donors (Lipinski definition) is 1. The van der Waals surface area contributed by atoms with Crippen LogP contribution in [0, 0.1) is 0 Å². The molecule has 8 nitrogen and oxygen atoms in total. The van der Waals surface area contributed by atoms with E-state index < -0.39 is 5.91 Å². The Hall–Kier alpha value is -3.94. The standard InChI is InChI=1S/C26H29N5O3/c1-19(21-12-7-4-8-13-21)27-24(32)18-29(2)25(33)22-16-23-26(34)30(14-9-15-31(23)28-22)17-20-10-5-3-6-11-20/h3-8,10-13,16,19H,9,14-15,17-18H2,1-2H3,(H,27,32)/t19-/m1/s1. The van der Waals surface area contributed by atoms with Gasteiger partial charge in [0.1, 0.15) is 5.69 Å². The third kappa shape index (κ3) is 5.33. The molecule has 1 aliphatic rings. The maximum absolute atomic E-state index is 13.2. The lowest BCUT2D eigenvalue weighted by molar-refractivity contribution is -0.122. The molecule has 0 unspecified atom stereocenters. The number of likely N-dealkylation sites (N-methyl/N-ethyl adjacent to an activating group) is 1. The van der Waals surface area contributed by atoms with Crippen molar-refractivity contribution < 1.29 is 14.4 Å². The molecule has 1 aromatic heterocycles. The summed E-state index contributed by atoms with van der Waals surface area (Å²) in [5, 5.41) is 7.29. The summed E-state index contributed by atoms with van der Waals surface area (Å²) >= 11 is 0. The van der Waals surface area contributed by atoms with E-state index in [2.05, 4.69) is 10.4 Å². The highest BCUT2D eigenvalue weighted by Crippen LogP contribution is 2.17. The molecule has 0 fully saturated rings. The van der Waals surface area contributed by atoms with E-state index in [1.807, 2.05) is 67.6 Å². The second-order valence-corrected chi connectivity index (χ2v) is 8.56. The van der Waals surface area contributed by atoms with Gasteiger partial charge in [-0.15, -0.1) is 0 Å². The molecule has 0 saturated heterocycles. The number of nitrogens with zero attached hydrogens (tertiary/aromatic N) is 4. The quantitative estimate of drug-likeness (QED) is 0.589. The normalized spacial score (nSPS) is 14.2. The number of fused-ring (bicyclic) bond motifs is 1. The van der Waals surface area contributed by atoms with Crippen LogP contribution in [0.25, 0.3) is 0 Å². The SMILES string of the molecule is C[C@@H](NC(=O)CN(C)C(=O)c1cc2n(n1)CCCN(Cc1ccccc1)C2=O)c1ccccc1. The summed E-state index contributed by atoms with van der Waals surface area (Å²) in [6.45, 7) is 3.48. The maximum atomic E-state index is 13.2. The average molecular weight is 460 g/mol. The molecular formula is C26H29N5O3. The Morgan fingerprint density at radius 3 is 2.44 bits per heavy atom. The molecule has 0 aliphatic carbocycles. The number of benzene rings is 2. The van der Waals surface area contributed by atoms with Gasteiger partial charge in [0.15, 0.2) is 5.69 Å². The van der Waals surface area contributed by atoms with Crippen molar-refractivity contribution in [3.63, 3.8) is 0 Å². The van der Waals surface area contributed by atoms with E-state index in [1.54, 1.807) is 16.6 Å². The topological polar surface area (TPSA) is 87.5 Å². The number of aryl methyl sites for hydroxylation is 1. The smallest absolute Gasteiger partial charge is 0.274 e. The Bertz CT molecular complexity index is 1160. The summed E-state index contributed by atoms with van der Waals surface area (Å²) in [7, 11) is 1.56. The number of nitrogens with one attached hydrogen (secondary N) is 1. The molecule has 0 radical (unpaired) electrons. The fourth-order valence-corrected chi connectivity index (χ4v) is 4.09. The van der Waals surface area contributed by atoms with Gasteiger partial charge in [0, 0.05) is 32.7 Å². The van der Waals surface area contributed by atoms with Crippen molar-refractivity contribution in [2.75, 3.05) is 20.1 Å². The predicted molar refractivity (Wildman–Crippen MR) is 128 cm³/mol. The van der Waals surface area contributed by atoms with Crippen molar-refractivity contribution in [3.8, 4) is 0 Å². The number of carbonyl (C=O) groups excluding carboxylic acids is 3.